The van der Waals surface area contributed by atoms with E-state index in [1.165, 1.54) is 16.7 Å². The van der Waals surface area contributed by atoms with Gasteiger partial charge in [0.25, 0.3) is 0 Å². The van der Waals surface area contributed by atoms with E-state index >= 15 is 0 Å². The number of benzene rings is 1. The standard InChI is InChI=1S/C20H32N2O/c1-15(13-19(23)22-10-8-21-9-11-22)12-17-7-6-16(2)18(14-17)20(3,4)5/h6-7,14-15,21H,8-13H2,1-5H3. The Labute approximate surface area is 141 Å². The number of carbonyl (C=O) groups excluding carboxylic acids is 1. The van der Waals surface area contributed by atoms with Gasteiger partial charge in [-0.05, 0) is 41.4 Å². The van der Waals surface area contributed by atoms with Crippen LogP contribution in [0.1, 0.15) is 50.8 Å². The highest BCUT2D eigenvalue weighted by atomic mass is 16.2. The van der Waals surface area contributed by atoms with Gasteiger partial charge in [-0.25, -0.2) is 0 Å². The summed E-state index contributed by atoms with van der Waals surface area (Å²) < 4.78 is 0. The fourth-order valence-electron chi connectivity index (χ4n) is 3.42. The largest absolute Gasteiger partial charge is 0.340 e. The van der Waals surface area contributed by atoms with Gasteiger partial charge in [0.05, 0.1) is 0 Å². The molecule has 128 valence electrons. The molecule has 3 heteroatoms. The summed E-state index contributed by atoms with van der Waals surface area (Å²) in [6, 6.07) is 6.78. The van der Waals surface area contributed by atoms with Crippen molar-refractivity contribution in [2.45, 2.75) is 52.9 Å². The predicted molar refractivity (Wildman–Crippen MR) is 96.8 cm³/mol. The van der Waals surface area contributed by atoms with E-state index < -0.39 is 0 Å². The number of piperazine rings is 1. The van der Waals surface area contributed by atoms with Crippen molar-refractivity contribution >= 4 is 5.91 Å². The minimum atomic E-state index is 0.167. The summed E-state index contributed by atoms with van der Waals surface area (Å²) in [5.41, 5.74) is 4.28. The molecule has 1 N–H and O–H groups in total. The Balaban J connectivity index is 1.97. The fraction of sp³-hybridized carbons (Fsp3) is 0.650. The zero-order valence-electron chi connectivity index (χ0n) is 15.4. The first kappa shape index (κ1) is 18.0. The molecule has 1 amide bonds. The second-order valence-electron chi connectivity index (χ2n) is 8.04. The number of hydrogen-bond donors (Lipinski definition) is 1. The predicted octanol–water partition coefficient (Wildman–Crippen LogP) is 3.29. The van der Waals surface area contributed by atoms with E-state index in [-0.39, 0.29) is 5.41 Å². The summed E-state index contributed by atoms with van der Waals surface area (Å²) in [6.45, 7) is 14.7. The lowest BCUT2D eigenvalue weighted by molar-refractivity contribution is -0.132. The molecule has 1 aliphatic rings. The highest BCUT2D eigenvalue weighted by molar-refractivity contribution is 5.76. The number of carbonyl (C=O) groups is 1. The molecule has 1 fully saturated rings. The topological polar surface area (TPSA) is 32.3 Å². The molecular formula is C20H32N2O. The molecule has 1 aliphatic heterocycles. The summed E-state index contributed by atoms with van der Waals surface area (Å²) in [6.07, 6.45) is 1.62. The second kappa shape index (κ2) is 7.48. The molecule has 0 saturated carbocycles. The number of rotatable bonds is 4. The van der Waals surface area contributed by atoms with Gasteiger partial charge in [0, 0.05) is 32.6 Å². The number of nitrogens with zero attached hydrogens (tertiary/aromatic N) is 1. The Morgan fingerprint density at radius 2 is 1.91 bits per heavy atom. The van der Waals surface area contributed by atoms with E-state index in [1.807, 2.05) is 4.90 Å². The van der Waals surface area contributed by atoms with Crippen molar-refractivity contribution in [2.75, 3.05) is 26.2 Å². The first-order valence-electron chi connectivity index (χ1n) is 8.86. The van der Waals surface area contributed by atoms with Crippen LogP contribution in [0.5, 0.6) is 0 Å². The Bertz CT molecular complexity index is 539. The summed E-state index contributed by atoms with van der Waals surface area (Å²) in [5, 5.41) is 3.29. The number of hydrogen-bond acceptors (Lipinski definition) is 2. The molecule has 0 spiro atoms. The van der Waals surface area contributed by atoms with Crippen LogP contribution in [-0.4, -0.2) is 37.0 Å². The smallest absolute Gasteiger partial charge is 0.222 e. The van der Waals surface area contributed by atoms with Crippen LogP contribution in [0.2, 0.25) is 0 Å². The van der Waals surface area contributed by atoms with Crippen LogP contribution in [0.15, 0.2) is 18.2 Å². The third kappa shape index (κ3) is 5.07. The Hall–Kier alpha value is -1.35. The average molecular weight is 316 g/mol. The van der Waals surface area contributed by atoms with Gasteiger partial charge in [0.2, 0.25) is 5.91 Å². The third-order valence-corrected chi connectivity index (χ3v) is 4.69. The molecule has 0 bridgehead atoms. The van der Waals surface area contributed by atoms with Crippen molar-refractivity contribution in [2.24, 2.45) is 5.92 Å². The number of nitrogens with one attached hydrogen (secondary N) is 1. The van der Waals surface area contributed by atoms with Gasteiger partial charge in [0.1, 0.15) is 0 Å². The van der Waals surface area contributed by atoms with Crippen molar-refractivity contribution in [3.63, 3.8) is 0 Å². The molecule has 3 nitrogen and oxygen atoms in total. The van der Waals surface area contributed by atoms with Gasteiger partial charge < -0.3 is 10.2 Å². The van der Waals surface area contributed by atoms with E-state index in [1.54, 1.807) is 0 Å². The maximum Gasteiger partial charge on any atom is 0.222 e. The summed E-state index contributed by atoms with van der Waals surface area (Å²) in [4.78, 5) is 14.4. The Kier molecular flexibility index (Phi) is 5.85. The van der Waals surface area contributed by atoms with Gasteiger partial charge in [-0.1, -0.05) is 45.9 Å². The minimum Gasteiger partial charge on any atom is -0.340 e. The Morgan fingerprint density at radius 3 is 2.52 bits per heavy atom. The summed E-state index contributed by atoms with van der Waals surface area (Å²) in [5.74, 6) is 0.690. The maximum atomic E-state index is 12.4. The molecule has 1 aromatic rings. The zero-order valence-corrected chi connectivity index (χ0v) is 15.4. The molecule has 1 unspecified atom stereocenters. The fourth-order valence-corrected chi connectivity index (χ4v) is 3.42. The van der Waals surface area contributed by atoms with E-state index in [0.717, 1.165) is 32.6 Å². The van der Waals surface area contributed by atoms with Crippen LogP contribution in [0.3, 0.4) is 0 Å². The van der Waals surface area contributed by atoms with E-state index in [0.29, 0.717) is 18.2 Å². The van der Waals surface area contributed by atoms with Gasteiger partial charge in [0.15, 0.2) is 0 Å². The molecular weight excluding hydrogens is 284 g/mol. The molecule has 0 aliphatic carbocycles. The van der Waals surface area contributed by atoms with Gasteiger partial charge >= 0.3 is 0 Å². The van der Waals surface area contributed by atoms with Crippen LogP contribution in [0, 0.1) is 12.8 Å². The van der Waals surface area contributed by atoms with Crippen molar-refractivity contribution < 1.29 is 4.79 Å². The molecule has 2 rings (SSSR count). The van der Waals surface area contributed by atoms with Crippen LogP contribution in [0.4, 0.5) is 0 Å². The number of aryl methyl sites for hydroxylation is 1. The lowest BCUT2D eigenvalue weighted by Crippen LogP contribution is -2.46. The SMILES string of the molecule is Cc1ccc(CC(C)CC(=O)N2CCNCC2)cc1C(C)(C)C. The van der Waals surface area contributed by atoms with Crippen molar-refractivity contribution in [3.8, 4) is 0 Å². The molecule has 0 aromatic heterocycles. The summed E-state index contributed by atoms with van der Waals surface area (Å²) in [7, 11) is 0. The lowest BCUT2D eigenvalue weighted by Gasteiger charge is -2.28. The van der Waals surface area contributed by atoms with Crippen LogP contribution < -0.4 is 5.32 Å². The van der Waals surface area contributed by atoms with E-state index in [9.17, 15) is 4.79 Å². The van der Waals surface area contributed by atoms with Gasteiger partial charge in [-0.15, -0.1) is 0 Å². The van der Waals surface area contributed by atoms with Crippen molar-refractivity contribution in [3.05, 3.63) is 34.9 Å². The van der Waals surface area contributed by atoms with Crippen molar-refractivity contribution in [1.82, 2.24) is 10.2 Å². The molecule has 1 aromatic carbocycles. The van der Waals surface area contributed by atoms with Crippen molar-refractivity contribution in [1.29, 1.82) is 0 Å². The van der Waals surface area contributed by atoms with E-state index in [2.05, 4.69) is 58.1 Å². The maximum absolute atomic E-state index is 12.4. The molecule has 23 heavy (non-hydrogen) atoms. The van der Waals surface area contributed by atoms with Crippen LogP contribution in [0.25, 0.3) is 0 Å². The molecule has 0 radical (unpaired) electrons. The normalized spacial score (nSPS) is 17.2. The first-order chi connectivity index (χ1) is 10.8. The highest BCUT2D eigenvalue weighted by Crippen LogP contribution is 2.27. The van der Waals surface area contributed by atoms with Crippen LogP contribution >= 0.6 is 0 Å². The Morgan fingerprint density at radius 1 is 1.26 bits per heavy atom. The average Bonchev–Trinajstić information content (AvgIpc) is 2.49. The molecule has 1 heterocycles. The molecule has 1 atom stereocenters. The first-order valence-corrected chi connectivity index (χ1v) is 8.86. The molecule has 1 saturated heterocycles. The monoisotopic (exact) mass is 316 g/mol. The third-order valence-electron chi connectivity index (χ3n) is 4.69. The second-order valence-corrected chi connectivity index (χ2v) is 8.04. The van der Waals surface area contributed by atoms with E-state index in [4.69, 9.17) is 0 Å². The van der Waals surface area contributed by atoms with Crippen LogP contribution in [-0.2, 0) is 16.6 Å². The zero-order chi connectivity index (χ0) is 17.0. The quantitative estimate of drug-likeness (QED) is 0.924. The minimum absolute atomic E-state index is 0.167. The lowest BCUT2D eigenvalue weighted by atomic mass is 9.82. The summed E-state index contributed by atoms with van der Waals surface area (Å²) >= 11 is 0. The highest BCUT2D eigenvalue weighted by Gasteiger charge is 2.20. The van der Waals surface area contributed by atoms with Gasteiger partial charge in [-0.2, -0.15) is 0 Å². The van der Waals surface area contributed by atoms with Gasteiger partial charge in [-0.3, -0.25) is 4.79 Å². The number of amides is 1.